The number of benzene rings is 1. The minimum atomic E-state index is -0.0193. The number of nitrogens with zero attached hydrogens (tertiary/aromatic N) is 3. The van der Waals surface area contributed by atoms with Crippen molar-refractivity contribution in [2.24, 2.45) is 0 Å². The van der Waals surface area contributed by atoms with Gasteiger partial charge in [-0.05, 0) is 12.1 Å². The van der Waals surface area contributed by atoms with E-state index in [-0.39, 0.29) is 23.5 Å². The molecule has 0 radical (unpaired) electrons. The number of aromatic hydroxyl groups is 1. The van der Waals surface area contributed by atoms with Crippen LogP contribution in [0.1, 0.15) is 0 Å². The van der Waals surface area contributed by atoms with Crippen LogP contribution in [-0.2, 0) is 0 Å². The third-order valence-corrected chi connectivity index (χ3v) is 2.96. The molecule has 23 heavy (non-hydrogen) atoms. The van der Waals surface area contributed by atoms with E-state index in [1.165, 1.54) is 38.9 Å². The van der Waals surface area contributed by atoms with E-state index in [0.717, 1.165) is 0 Å². The maximum atomic E-state index is 10.1. The van der Waals surface area contributed by atoms with Gasteiger partial charge in [0.2, 0.25) is 11.8 Å². The summed E-state index contributed by atoms with van der Waals surface area (Å²) in [5.74, 6) is 1.21. The molecule has 8 nitrogen and oxygen atoms in total. The standard InChI is InChI=1S/C15H13N3O5/c1-20-12-6-13(21-2)18-15(17-12)23-10-5-3-4-9(19)14(10)11-7-16-8-22-11/h3-8,19H,1-2H3. The Labute approximate surface area is 131 Å². The molecule has 0 aliphatic rings. The summed E-state index contributed by atoms with van der Waals surface area (Å²) < 4.78 is 21.0. The van der Waals surface area contributed by atoms with Gasteiger partial charge < -0.3 is 23.7 Å². The molecule has 1 N–H and O–H groups in total. The maximum Gasteiger partial charge on any atom is 0.328 e. The lowest BCUT2D eigenvalue weighted by molar-refractivity contribution is 0.347. The molecule has 0 aliphatic heterocycles. The van der Waals surface area contributed by atoms with Crippen LogP contribution in [0.3, 0.4) is 0 Å². The van der Waals surface area contributed by atoms with Crippen LogP contribution in [0.2, 0.25) is 0 Å². The van der Waals surface area contributed by atoms with Crippen LogP contribution in [0.5, 0.6) is 29.3 Å². The molecule has 2 heterocycles. The molecule has 0 saturated heterocycles. The first-order valence-electron chi connectivity index (χ1n) is 6.57. The summed E-state index contributed by atoms with van der Waals surface area (Å²) in [5, 5.41) is 10.1. The van der Waals surface area contributed by atoms with Gasteiger partial charge in [0.15, 0.2) is 12.2 Å². The summed E-state index contributed by atoms with van der Waals surface area (Å²) in [7, 11) is 2.94. The predicted molar refractivity (Wildman–Crippen MR) is 78.8 cm³/mol. The number of rotatable bonds is 5. The van der Waals surface area contributed by atoms with E-state index in [4.69, 9.17) is 18.6 Å². The lowest BCUT2D eigenvalue weighted by Gasteiger charge is -2.11. The van der Waals surface area contributed by atoms with Crippen molar-refractivity contribution in [2.45, 2.75) is 0 Å². The molecule has 0 fully saturated rings. The number of ether oxygens (including phenoxy) is 3. The second-order valence-corrected chi connectivity index (χ2v) is 4.35. The third kappa shape index (κ3) is 3.00. The number of hydrogen-bond donors (Lipinski definition) is 1. The maximum absolute atomic E-state index is 10.1. The van der Waals surface area contributed by atoms with E-state index < -0.39 is 0 Å². The molecule has 3 rings (SSSR count). The van der Waals surface area contributed by atoms with E-state index >= 15 is 0 Å². The van der Waals surface area contributed by atoms with E-state index in [9.17, 15) is 5.11 Å². The normalized spacial score (nSPS) is 10.3. The van der Waals surface area contributed by atoms with E-state index in [1.807, 2.05) is 0 Å². The molecular formula is C15H13N3O5. The van der Waals surface area contributed by atoms with Crippen LogP contribution >= 0.6 is 0 Å². The first kappa shape index (κ1) is 14.6. The molecule has 118 valence electrons. The Hall–Kier alpha value is -3.29. The Kier molecular flexibility index (Phi) is 3.96. The monoisotopic (exact) mass is 315 g/mol. The molecule has 0 spiro atoms. The molecule has 3 aromatic rings. The smallest absolute Gasteiger partial charge is 0.328 e. The van der Waals surface area contributed by atoms with Crippen LogP contribution in [0, 0.1) is 0 Å². The number of phenolic OH excluding ortho intramolecular Hbond substituents is 1. The number of methoxy groups -OCH3 is 2. The summed E-state index contributed by atoms with van der Waals surface area (Å²) in [4.78, 5) is 12.0. The second-order valence-electron chi connectivity index (χ2n) is 4.35. The predicted octanol–water partition coefficient (Wildman–Crippen LogP) is 2.65. The zero-order valence-electron chi connectivity index (χ0n) is 12.4. The van der Waals surface area contributed by atoms with Crippen molar-refractivity contribution >= 4 is 0 Å². The Morgan fingerprint density at radius 3 is 2.43 bits per heavy atom. The molecule has 2 aromatic heterocycles. The van der Waals surface area contributed by atoms with Gasteiger partial charge in [-0.1, -0.05) is 6.07 Å². The van der Waals surface area contributed by atoms with Crippen molar-refractivity contribution in [1.29, 1.82) is 0 Å². The third-order valence-electron chi connectivity index (χ3n) is 2.96. The highest BCUT2D eigenvalue weighted by Crippen LogP contribution is 2.39. The average Bonchev–Trinajstić information content (AvgIpc) is 3.08. The molecule has 0 saturated carbocycles. The van der Waals surface area contributed by atoms with Gasteiger partial charge in [0.05, 0.1) is 26.5 Å². The Morgan fingerprint density at radius 2 is 1.83 bits per heavy atom. The van der Waals surface area contributed by atoms with Crippen LogP contribution in [0.15, 0.2) is 41.3 Å². The molecule has 1 aromatic carbocycles. The minimum Gasteiger partial charge on any atom is -0.507 e. The molecule has 8 heteroatoms. The fraction of sp³-hybridized carbons (Fsp3) is 0.133. The molecular weight excluding hydrogens is 302 g/mol. The minimum absolute atomic E-state index is 0.00700. The zero-order valence-corrected chi connectivity index (χ0v) is 12.4. The van der Waals surface area contributed by atoms with Gasteiger partial charge in [0.1, 0.15) is 17.1 Å². The van der Waals surface area contributed by atoms with Gasteiger partial charge in [0.25, 0.3) is 0 Å². The van der Waals surface area contributed by atoms with Gasteiger partial charge in [-0.2, -0.15) is 9.97 Å². The highest BCUT2D eigenvalue weighted by Gasteiger charge is 2.17. The zero-order chi connectivity index (χ0) is 16.2. The van der Waals surface area contributed by atoms with Crippen LogP contribution < -0.4 is 14.2 Å². The first-order valence-corrected chi connectivity index (χ1v) is 6.57. The molecule has 0 atom stereocenters. The molecule has 0 amide bonds. The number of phenols is 1. The van der Waals surface area contributed by atoms with Crippen LogP contribution in [-0.4, -0.2) is 34.3 Å². The van der Waals surface area contributed by atoms with Crippen molar-refractivity contribution in [3.63, 3.8) is 0 Å². The summed E-state index contributed by atoms with van der Waals surface area (Å²) in [6.07, 6.45) is 2.73. The van der Waals surface area contributed by atoms with E-state index in [2.05, 4.69) is 15.0 Å². The highest BCUT2D eigenvalue weighted by atomic mass is 16.5. The summed E-state index contributed by atoms with van der Waals surface area (Å²) in [6.45, 7) is 0. The van der Waals surface area contributed by atoms with Crippen molar-refractivity contribution in [3.05, 3.63) is 36.9 Å². The fourth-order valence-corrected chi connectivity index (χ4v) is 1.93. The number of oxazole rings is 1. The lowest BCUT2D eigenvalue weighted by Crippen LogP contribution is -1.98. The van der Waals surface area contributed by atoms with Gasteiger partial charge >= 0.3 is 6.01 Å². The Balaban J connectivity index is 2.03. The Bertz CT molecular complexity index is 783. The van der Waals surface area contributed by atoms with E-state index in [0.29, 0.717) is 17.1 Å². The van der Waals surface area contributed by atoms with Gasteiger partial charge in [-0.15, -0.1) is 0 Å². The van der Waals surface area contributed by atoms with Crippen molar-refractivity contribution in [1.82, 2.24) is 15.0 Å². The summed E-state index contributed by atoms with van der Waals surface area (Å²) in [6, 6.07) is 6.31. The topological polar surface area (TPSA) is 99.7 Å². The molecule has 0 unspecified atom stereocenters. The van der Waals surface area contributed by atoms with Crippen molar-refractivity contribution in [2.75, 3.05) is 14.2 Å². The fourth-order valence-electron chi connectivity index (χ4n) is 1.93. The average molecular weight is 315 g/mol. The highest BCUT2D eigenvalue weighted by molar-refractivity contribution is 5.72. The summed E-state index contributed by atoms with van der Waals surface area (Å²) in [5.41, 5.74) is 0.343. The van der Waals surface area contributed by atoms with Gasteiger partial charge in [-0.25, -0.2) is 4.98 Å². The van der Waals surface area contributed by atoms with Gasteiger partial charge in [0, 0.05) is 0 Å². The van der Waals surface area contributed by atoms with Gasteiger partial charge in [-0.3, -0.25) is 0 Å². The van der Waals surface area contributed by atoms with Crippen molar-refractivity contribution < 1.29 is 23.7 Å². The van der Waals surface area contributed by atoms with Crippen LogP contribution in [0.25, 0.3) is 11.3 Å². The molecule has 0 bridgehead atoms. The van der Waals surface area contributed by atoms with Crippen LogP contribution in [0.4, 0.5) is 0 Å². The quantitative estimate of drug-likeness (QED) is 0.767. The lowest BCUT2D eigenvalue weighted by atomic mass is 10.1. The summed E-state index contributed by atoms with van der Waals surface area (Å²) >= 11 is 0. The van der Waals surface area contributed by atoms with Crippen molar-refractivity contribution in [3.8, 4) is 40.6 Å². The SMILES string of the molecule is COc1cc(OC)nc(Oc2cccc(O)c2-c2cnco2)n1. The largest absolute Gasteiger partial charge is 0.507 e. The number of hydrogen-bond acceptors (Lipinski definition) is 8. The number of aromatic nitrogens is 3. The second kappa shape index (κ2) is 6.22. The Morgan fingerprint density at radius 1 is 1.09 bits per heavy atom. The molecule has 0 aliphatic carbocycles. The van der Waals surface area contributed by atoms with E-state index in [1.54, 1.807) is 12.1 Å². The first-order chi connectivity index (χ1) is 11.2.